The monoisotopic (exact) mass is 365 g/mol. The predicted octanol–water partition coefficient (Wildman–Crippen LogP) is 4.49. The molecule has 0 aliphatic rings. The molecule has 27 heavy (non-hydrogen) atoms. The van der Waals surface area contributed by atoms with Gasteiger partial charge in [0.2, 0.25) is 5.91 Å². The minimum Gasteiger partial charge on any atom is -0.497 e. The van der Waals surface area contributed by atoms with Crippen LogP contribution in [0.4, 0.5) is 4.39 Å². The van der Waals surface area contributed by atoms with E-state index in [1.165, 1.54) is 12.1 Å². The number of amides is 1. The number of halogens is 1. The van der Waals surface area contributed by atoms with Crippen LogP contribution < -0.4 is 14.8 Å². The van der Waals surface area contributed by atoms with Crippen LogP contribution in [0.15, 0.2) is 72.8 Å². The van der Waals surface area contributed by atoms with Crippen molar-refractivity contribution in [3.05, 3.63) is 89.7 Å². The topological polar surface area (TPSA) is 47.6 Å². The normalized spacial score (nSPS) is 10.3. The predicted molar refractivity (Wildman–Crippen MR) is 101 cm³/mol. The lowest BCUT2D eigenvalue weighted by atomic mass is 10.1. The van der Waals surface area contributed by atoms with E-state index in [9.17, 15) is 9.18 Å². The van der Waals surface area contributed by atoms with Gasteiger partial charge >= 0.3 is 0 Å². The maximum Gasteiger partial charge on any atom is 0.224 e. The van der Waals surface area contributed by atoms with E-state index in [4.69, 9.17) is 9.47 Å². The summed E-state index contributed by atoms with van der Waals surface area (Å²) in [5, 5.41) is 2.90. The molecule has 1 amide bonds. The summed E-state index contributed by atoms with van der Waals surface area (Å²) in [6.45, 7) is 0.392. The third kappa shape index (κ3) is 5.57. The third-order valence-corrected chi connectivity index (χ3v) is 3.94. The van der Waals surface area contributed by atoms with Gasteiger partial charge in [0, 0.05) is 6.54 Å². The van der Waals surface area contributed by atoms with Crippen molar-refractivity contribution in [1.29, 1.82) is 0 Å². The third-order valence-electron chi connectivity index (χ3n) is 3.94. The number of carbonyl (C=O) groups is 1. The summed E-state index contributed by atoms with van der Waals surface area (Å²) in [7, 11) is 1.60. The van der Waals surface area contributed by atoms with Gasteiger partial charge in [0.05, 0.1) is 13.5 Å². The van der Waals surface area contributed by atoms with Crippen molar-refractivity contribution < 1.29 is 18.7 Å². The summed E-state index contributed by atoms with van der Waals surface area (Å²) < 4.78 is 23.8. The highest BCUT2D eigenvalue weighted by molar-refractivity contribution is 5.78. The van der Waals surface area contributed by atoms with E-state index in [2.05, 4.69) is 5.32 Å². The Balaban J connectivity index is 1.56. The van der Waals surface area contributed by atoms with E-state index in [1.807, 2.05) is 48.5 Å². The van der Waals surface area contributed by atoms with Gasteiger partial charge in [-0.25, -0.2) is 4.39 Å². The zero-order chi connectivity index (χ0) is 19.1. The molecule has 4 nitrogen and oxygen atoms in total. The van der Waals surface area contributed by atoms with Crippen LogP contribution in [0.2, 0.25) is 0 Å². The maximum atomic E-state index is 13.0. The first-order chi connectivity index (χ1) is 13.1. The number of ether oxygens (including phenoxy) is 2. The van der Waals surface area contributed by atoms with Crippen LogP contribution in [0.5, 0.6) is 17.2 Å². The molecule has 3 rings (SSSR count). The summed E-state index contributed by atoms with van der Waals surface area (Å²) in [5.74, 6) is 1.52. The van der Waals surface area contributed by atoms with Gasteiger partial charge in [-0.1, -0.05) is 24.3 Å². The second kappa shape index (κ2) is 8.85. The second-order valence-corrected chi connectivity index (χ2v) is 6.01. The summed E-state index contributed by atoms with van der Waals surface area (Å²) >= 11 is 0. The number of benzene rings is 3. The summed E-state index contributed by atoms with van der Waals surface area (Å²) in [6.07, 6.45) is 0.281. The fourth-order valence-electron chi connectivity index (χ4n) is 2.59. The van der Waals surface area contributed by atoms with Gasteiger partial charge in [-0.05, 0) is 59.7 Å². The fourth-order valence-corrected chi connectivity index (χ4v) is 2.59. The largest absolute Gasteiger partial charge is 0.497 e. The molecule has 0 heterocycles. The first-order valence-electron chi connectivity index (χ1n) is 8.54. The molecule has 138 valence electrons. The minimum absolute atomic E-state index is 0.0758. The molecule has 0 fully saturated rings. The minimum atomic E-state index is -0.310. The van der Waals surface area contributed by atoms with Gasteiger partial charge < -0.3 is 14.8 Å². The van der Waals surface area contributed by atoms with Gasteiger partial charge in [0.1, 0.15) is 23.1 Å². The first-order valence-corrected chi connectivity index (χ1v) is 8.54. The lowest BCUT2D eigenvalue weighted by Gasteiger charge is -2.09. The van der Waals surface area contributed by atoms with E-state index >= 15 is 0 Å². The average Bonchev–Trinajstić information content (AvgIpc) is 2.69. The van der Waals surface area contributed by atoms with E-state index in [0.29, 0.717) is 18.0 Å². The van der Waals surface area contributed by atoms with Crippen molar-refractivity contribution in [3.8, 4) is 17.2 Å². The number of hydrogen-bond acceptors (Lipinski definition) is 3. The highest BCUT2D eigenvalue weighted by atomic mass is 19.1. The summed E-state index contributed by atoms with van der Waals surface area (Å²) in [5.41, 5.74) is 1.80. The Morgan fingerprint density at radius 3 is 2.30 bits per heavy atom. The zero-order valence-corrected chi connectivity index (χ0v) is 14.9. The number of nitrogens with one attached hydrogen (secondary N) is 1. The van der Waals surface area contributed by atoms with Gasteiger partial charge in [0.25, 0.3) is 0 Å². The number of methoxy groups -OCH3 is 1. The Kier molecular flexibility index (Phi) is 6.05. The average molecular weight is 365 g/mol. The molecule has 5 heteroatoms. The summed E-state index contributed by atoms with van der Waals surface area (Å²) in [4.78, 5) is 12.2. The second-order valence-electron chi connectivity index (χ2n) is 6.01. The van der Waals surface area contributed by atoms with E-state index in [0.717, 1.165) is 16.9 Å². The molecule has 0 saturated heterocycles. The molecule has 0 spiro atoms. The van der Waals surface area contributed by atoms with Crippen molar-refractivity contribution in [2.75, 3.05) is 7.11 Å². The molecule has 0 aliphatic carbocycles. The molecule has 1 N–H and O–H groups in total. The van der Waals surface area contributed by atoms with Crippen molar-refractivity contribution in [2.24, 2.45) is 0 Å². The number of carbonyl (C=O) groups excluding carboxylic acids is 1. The highest BCUT2D eigenvalue weighted by Gasteiger charge is 2.06. The zero-order valence-electron chi connectivity index (χ0n) is 14.9. The van der Waals surface area contributed by atoms with Crippen LogP contribution in [-0.2, 0) is 17.8 Å². The van der Waals surface area contributed by atoms with Crippen LogP contribution in [0.3, 0.4) is 0 Å². The molecule has 3 aromatic rings. The van der Waals surface area contributed by atoms with Crippen molar-refractivity contribution in [1.82, 2.24) is 5.32 Å². The molecule has 0 bridgehead atoms. The lowest BCUT2D eigenvalue weighted by Crippen LogP contribution is -2.24. The van der Waals surface area contributed by atoms with Gasteiger partial charge in [-0.2, -0.15) is 0 Å². The molecule has 0 radical (unpaired) electrons. The molecule has 0 unspecified atom stereocenters. The first kappa shape index (κ1) is 18.5. The Bertz CT molecular complexity index is 909. The molecule has 0 aliphatic heterocycles. The lowest BCUT2D eigenvalue weighted by molar-refractivity contribution is -0.120. The Hall–Kier alpha value is -3.34. The fraction of sp³-hybridized carbons (Fsp3) is 0.136. The van der Waals surface area contributed by atoms with E-state index in [1.54, 1.807) is 19.2 Å². The molecule has 0 atom stereocenters. The summed E-state index contributed by atoms with van der Waals surface area (Å²) in [6, 6.07) is 20.7. The quantitative estimate of drug-likeness (QED) is 0.671. The number of rotatable bonds is 7. The molecular weight excluding hydrogens is 345 g/mol. The van der Waals surface area contributed by atoms with Gasteiger partial charge in [-0.3, -0.25) is 4.79 Å². The Labute approximate surface area is 157 Å². The molecular formula is C22H20FNO3. The standard InChI is InChI=1S/C22H20FNO3/c1-26-20-6-2-4-16(12-20)14-22(25)24-15-17-5-3-7-21(13-17)27-19-10-8-18(23)9-11-19/h2-13H,14-15H2,1H3,(H,24,25). The molecule has 0 saturated carbocycles. The van der Waals surface area contributed by atoms with Crippen LogP contribution in [0.1, 0.15) is 11.1 Å². The van der Waals surface area contributed by atoms with E-state index in [-0.39, 0.29) is 18.1 Å². The maximum absolute atomic E-state index is 13.0. The van der Waals surface area contributed by atoms with Crippen molar-refractivity contribution >= 4 is 5.91 Å². The smallest absolute Gasteiger partial charge is 0.224 e. The van der Waals surface area contributed by atoms with Crippen molar-refractivity contribution in [2.45, 2.75) is 13.0 Å². The number of hydrogen-bond donors (Lipinski definition) is 1. The van der Waals surface area contributed by atoms with Crippen LogP contribution in [-0.4, -0.2) is 13.0 Å². The van der Waals surface area contributed by atoms with Crippen LogP contribution >= 0.6 is 0 Å². The van der Waals surface area contributed by atoms with Crippen molar-refractivity contribution in [3.63, 3.8) is 0 Å². The van der Waals surface area contributed by atoms with E-state index < -0.39 is 0 Å². The SMILES string of the molecule is COc1cccc(CC(=O)NCc2cccc(Oc3ccc(F)cc3)c2)c1. The molecule has 0 aromatic heterocycles. The van der Waals surface area contributed by atoms with Gasteiger partial charge in [0.15, 0.2) is 0 Å². The van der Waals surface area contributed by atoms with Gasteiger partial charge in [-0.15, -0.1) is 0 Å². The Morgan fingerprint density at radius 2 is 1.56 bits per heavy atom. The van der Waals surface area contributed by atoms with Crippen LogP contribution in [0.25, 0.3) is 0 Å². The van der Waals surface area contributed by atoms with Crippen LogP contribution in [0, 0.1) is 5.82 Å². The highest BCUT2D eigenvalue weighted by Crippen LogP contribution is 2.22. The Morgan fingerprint density at radius 1 is 0.889 bits per heavy atom. The molecule has 3 aromatic carbocycles.